The van der Waals surface area contributed by atoms with Crippen LogP contribution in [0.1, 0.15) is 27.7 Å². The number of nitrogens with two attached hydrogens (primary N) is 1. The standard InChI is InChI=1S/C13H23N5O2/c1-8(2)11(9(3)4)7-15-12-5-10(18(19)20)6-13(16-12)17-14/h5-6,8-9,11H,7,14H2,1-4H3,(H2,15,16,17). The maximum Gasteiger partial charge on any atom is 0.276 e. The number of aromatic nitrogens is 1. The molecule has 7 heteroatoms. The summed E-state index contributed by atoms with van der Waals surface area (Å²) in [5.74, 6) is 7.51. The zero-order valence-corrected chi connectivity index (χ0v) is 12.4. The normalized spacial score (nSPS) is 11.2. The van der Waals surface area contributed by atoms with Gasteiger partial charge in [0.05, 0.1) is 17.1 Å². The fourth-order valence-corrected chi connectivity index (χ4v) is 2.25. The minimum atomic E-state index is -0.462. The first kappa shape index (κ1) is 16.2. The Morgan fingerprint density at radius 1 is 1.25 bits per heavy atom. The maximum absolute atomic E-state index is 10.9. The van der Waals surface area contributed by atoms with Crippen LogP contribution in [0, 0.1) is 27.9 Å². The first-order valence-corrected chi connectivity index (χ1v) is 6.72. The van der Waals surface area contributed by atoms with Crippen molar-refractivity contribution in [2.75, 3.05) is 17.3 Å². The molecular weight excluding hydrogens is 258 g/mol. The van der Waals surface area contributed by atoms with Gasteiger partial charge in [-0.3, -0.25) is 10.1 Å². The Bertz CT molecular complexity index is 454. The van der Waals surface area contributed by atoms with Gasteiger partial charge in [-0.05, 0) is 17.8 Å². The number of hydrogen-bond acceptors (Lipinski definition) is 6. The highest BCUT2D eigenvalue weighted by Gasteiger charge is 2.18. The third kappa shape index (κ3) is 4.34. The lowest BCUT2D eigenvalue weighted by Crippen LogP contribution is -2.25. The van der Waals surface area contributed by atoms with Gasteiger partial charge >= 0.3 is 0 Å². The van der Waals surface area contributed by atoms with Crippen molar-refractivity contribution in [1.29, 1.82) is 0 Å². The molecule has 0 saturated carbocycles. The van der Waals surface area contributed by atoms with Crippen LogP contribution in [0.15, 0.2) is 12.1 Å². The molecule has 0 aromatic carbocycles. The number of nitrogens with one attached hydrogen (secondary N) is 2. The molecule has 0 aliphatic heterocycles. The van der Waals surface area contributed by atoms with Gasteiger partial charge in [0.2, 0.25) is 0 Å². The van der Waals surface area contributed by atoms with Gasteiger partial charge < -0.3 is 10.7 Å². The molecule has 7 nitrogen and oxygen atoms in total. The molecule has 0 radical (unpaired) electrons. The van der Waals surface area contributed by atoms with Crippen molar-refractivity contribution in [2.24, 2.45) is 23.6 Å². The summed E-state index contributed by atoms with van der Waals surface area (Å²) in [4.78, 5) is 14.6. The number of hydrogen-bond donors (Lipinski definition) is 3. The minimum Gasteiger partial charge on any atom is -0.369 e. The predicted octanol–water partition coefficient (Wildman–Crippen LogP) is 2.62. The highest BCUT2D eigenvalue weighted by atomic mass is 16.6. The van der Waals surface area contributed by atoms with E-state index in [1.165, 1.54) is 12.1 Å². The summed E-state index contributed by atoms with van der Waals surface area (Å²) in [6, 6.07) is 2.71. The number of pyridine rings is 1. The Labute approximate surface area is 119 Å². The average molecular weight is 281 g/mol. The van der Waals surface area contributed by atoms with Gasteiger partial charge in [0, 0.05) is 6.54 Å². The van der Waals surface area contributed by atoms with Crippen molar-refractivity contribution in [1.82, 2.24) is 4.98 Å². The third-order valence-electron chi connectivity index (χ3n) is 3.40. The molecule has 1 aromatic heterocycles. The topological polar surface area (TPSA) is 106 Å². The zero-order valence-electron chi connectivity index (χ0n) is 12.4. The lowest BCUT2D eigenvalue weighted by atomic mass is 9.85. The molecule has 0 saturated heterocycles. The van der Waals surface area contributed by atoms with Crippen molar-refractivity contribution in [3.63, 3.8) is 0 Å². The summed E-state index contributed by atoms with van der Waals surface area (Å²) >= 11 is 0. The highest BCUT2D eigenvalue weighted by Crippen LogP contribution is 2.23. The molecule has 20 heavy (non-hydrogen) atoms. The second-order valence-corrected chi connectivity index (χ2v) is 5.53. The molecule has 0 bridgehead atoms. The zero-order chi connectivity index (χ0) is 15.3. The van der Waals surface area contributed by atoms with E-state index in [9.17, 15) is 10.1 Å². The Kier molecular flexibility index (Phi) is 5.69. The van der Waals surface area contributed by atoms with Gasteiger partial charge in [-0.2, -0.15) is 0 Å². The summed E-state index contributed by atoms with van der Waals surface area (Å²) in [7, 11) is 0. The van der Waals surface area contributed by atoms with Crippen LogP contribution in [0.4, 0.5) is 17.3 Å². The second kappa shape index (κ2) is 7.04. The molecule has 0 spiro atoms. The van der Waals surface area contributed by atoms with Gasteiger partial charge in [0.15, 0.2) is 0 Å². The molecule has 112 valence electrons. The van der Waals surface area contributed by atoms with E-state index in [4.69, 9.17) is 5.84 Å². The number of hydrazine groups is 1. The monoisotopic (exact) mass is 281 g/mol. The largest absolute Gasteiger partial charge is 0.369 e. The van der Waals surface area contributed by atoms with E-state index in [-0.39, 0.29) is 11.5 Å². The predicted molar refractivity (Wildman–Crippen MR) is 80.4 cm³/mol. The molecule has 0 unspecified atom stereocenters. The van der Waals surface area contributed by atoms with Crippen LogP contribution < -0.4 is 16.6 Å². The van der Waals surface area contributed by atoms with Crippen LogP contribution in [0.5, 0.6) is 0 Å². The molecule has 1 heterocycles. The van der Waals surface area contributed by atoms with Gasteiger partial charge in [-0.25, -0.2) is 10.8 Å². The van der Waals surface area contributed by atoms with Crippen LogP contribution in [0.3, 0.4) is 0 Å². The van der Waals surface area contributed by atoms with Crippen molar-refractivity contribution >= 4 is 17.3 Å². The average Bonchev–Trinajstić information content (AvgIpc) is 2.37. The SMILES string of the molecule is CC(C)C(CNc1cc([N+](=O)[O-])cc(NN)n1)C(C)C. The number of rotatable bonds is 7. The van der Waals surface area contributed by atoms with E-state index in [0.717, 1.165) is 0 Å². The van der Waals surface area contributed by atoms with Gasteiger partial charge in [0.25, 0.3) is 5.69 Å². The van der Waals surface area contributed by atoms with Crippen LogP contribution in [-0.4, -0.2) is 16.5 Å². The summed E-state index contributed by atoms with van der Waals surface area (Å²) < 4.78 is 0. The lowest BCUT2D eigenvalue weighted by Gasteiger charge is -2.25. The number of anilines is 2. The summed E-state index contributed by atoms with van der Waals surface area (Å²) in [5, 5.41) is 14.0. The Balaban J connectivity index is 2.86. The minimum absolute atomic E-state index is 0.0407. The number of nitro groups is 1. The van der Waals surface area contributed by atoms with Crippen LogP contribution in [-0.2, 0) is 0 Å². The Morgan fingerprint density at radius 2 is 1.80 bits per heavy atom. The van der Waals surface area contributed by atoms with Crippen LogP contribution in [0.25, 0.3) is 0 Å². The van der Waals surface area contributed by atoms with E-state index in [2.05, 4.69) is 43.4 Å². The van der Waals surface area contributed by atoms with E-state index in [0.29, 0.717) is 30.1 Å². The highest BCUT2D eigenvalue weighted by molar-refractivity contribution is 5.54. The molecular formula is C13H23N5O2. The summed E-state index contributed by atoms with van der Waals surface area (Å²) in [6.07, 6.45) is 0. The number of nitrogens with zero attached hydrogens (tertiary/aromatic N) is 2. The molecule has 0 aliphatic rings. The van der Waals surface area contributed by atoms with Gasteiger partial charge in [-0.1, -0.05) is 27.7 Å². The second-order valence-electron chi connectivity index (χ2n) is 5.53. The maximum atomic E-state index is 10.9. The first-order chi connectivity index (χ1) is 9.35. The lowest BCUT2D eigenvalue weighted by molar-refractivity contribution is -0.384. The summed E-state index contributed by atoms with van der Waals surface area (Å²) in [5.41, 5.74) is 2.30. The van der Waals surface area contributed by atoms with E-state index in [1.807, 2.05) is 0 Å². The van der Waals surface area contributed by atoms with Gasteiger partial charge in [0.1, 0.15) is 11.6 Å². The summed E-state index contributed by atoms with van der Waals surface area (Å²) in [6.45, 7) is 9.38. The van der Waals surface area contributed by atoms with Crippen molar-refractivity contribution in [3.05, 3.63) is 22.2 Å². The molecule has 0 aliphatic carbocycles. The Hall–Kier alpha value is -1.89. The van der Waals surface area contributed by atoms with Crippen molar-refractivity contribution in [2.45, 2.75) is 27.7 Å². The smallest absolute Gasteiger partial charge is 0.276 e. The van der Waals surface area contributed by atoms with Gasteiger partial charge in [-0.15, -0.1) is 0 Å². The molecule has 0 atom stereocenters. The number of nitrogen functional groups attached to an aromatic ring is 1. The van der Waals surface area contributed by atoms with E-state index in [1.54, 1.807) is 0 Å². The van der Waals surface area contributed by atoms with Crippen molar-refractivity contribution < 1.29 is 4.92 Å². The Morgan fingerprint density at radius 3 is 2.25 bits per heavy atom. The molecule has 1 rings (SSSR count). The molecule has 1 aromatic rings. The molecule has 0 amide bonds. The van der Waals surface area contributed by atoms with Crippen molar-refractivity contribution in [3.8, 4) is 0 Å². The fourth-order valence-electron chi connectivity index (χ4n) is 2.25. The molecule has 4 N–H and O–H groups in total. The van der Waals surface area contributed by atoms with Crippen LogP contribution >= 0.6 is 0 Å². The fraction of sp³-hybridized carbons (Fsp3) is 0.615. The van der Waals surface area contributed by atoms with Crippen LogP contribution in [0.2, 0.25) is 0 Å². The molecule has 0 fully saturated rings. The first-order valence-electron chi connectivity index (χ1n) is 6.72. The quantitative estimate of drug-likeness (QED) is 0.403. The van der Waals surface area contributed by atoms with E-state index < -0.39 is 4.92 Å². The third-order valence-corrected chi connectivity index (χ3v) is 3.40. The van der Waals surface area contributed by atoms with E-state index >= 15 is 0 Å².